The first-order chi connectivity index (χ1) is 6.79. The molecule has 0 amide bonds. The molecule has 2 heterocycles. The molecule has 0 saturated heterocycles. The number of rotatable bonds is 2. The molecule has 0 fully saturated rings. The highest BCUT2D eigenvalue weighted by atomic mass is 16.5. The minimum Gasteiger partial charge on any atom is -0.334 e. The Labute approximate surface area is 80.1 Å². The van der Waals surface area contributed by atoms with Gasteiger partial charge in [0.05, 0.1) is 0 Å². The lowest BCUT2D eigenvalue weighted by atomic mass is 10.2. The second-order valence-corrected chi connectivity index (χ2v) is 2.72. The summed E-state index contributed by atoms with van der Waals surface area (Å²) in [5.41, 5.74) is 3.23. The standard InChI is InChI=1S/C8H9N5O/c1-5-11-8(14-13-5)6-2-3-10-7(4-6)12-9/h2-4H,9H2,1H3,(H,10,12). The van der Waals surface area contributed by atoms with Crippen molar-refractivity contribution in [2.45, 2.75) is 6.92 Å². The van der Waals surface area contributed by atoms with Crippen molar-refractivity contribution in [1.29, 1.82) is 0 Å². The van der Waals surface area contributed by atoms with Gasteiger partial charge < -0.3 is 9.95 Å². The predicted octanol–water partition coefficient (Wildman–Crippen LogP) is 0.726. The van der Waals surface area contributed by atoms with Crippen LogP contribution in [0.25, 0.3) is 11.5 Å². The highest BCUT2D eigenvalue weighted by molar-refractivity contribution is 5.57. The Morgan fingerprint density at radius 2 is 2.36 bits per heavy atom. The molecule has 0 spiro atoms. The molecule has 0 radical (unpaired) electrons. The van der Waals surface area contributed by atoms with Crippen molar-refractivity contribution < 1.29 is 4.52 Å². The van der Waals surface area contributed by atoms with Crippen molar-refractivity contribution in [2.24, 2.45) is 5.84 Å². The molecule has 72 valence electrons. The number of hydrogen-bond donors (Lipinski definition) is 2. The van der Waals surface area contributed by atoms with Gasteiger partial charge in [0, 0.05) is 11.8 Å². The van der Waals surface area contributed by atoms with Crippen LogP contribution in [0.4, 0.5) is 5.82 Å². The lowest BCUT2D eigenvalue weighted by Gasteiger charge is -1.98. The highest BCUT2D eigenvalue weighted by Crippen LogP contribution is 2.18. The zero-order chi connectivity index (χ0) is 9.97. The van der Waals surface area contributed by atoms with Crippen LogP contribution in [0.1, 0.15) is 5.82 Å². The van der Waals surface area contributed by atoms with Crippen LogP contribution in [0.3, 0.4) is 0 Å². The maximum atomic E-state index is 5.22. The second kappa shape index (κ2) is 3.43. The molecule has 14 heavy (non-hydrogen) atoms. The molecule has 2 aromatic heterocycles. The average molecular weight is 191 g/mol. The van der Waals surface area contributed by atoms with Gasteiger partial charge >= 0.3 is 0 Å². The Morgan fingerprint density at radius 1 is 1.50 bits per heavy atom. The van der Waals surface area contributed by atoms with E-state index in [4.69, 9.17) is 10.4 Å². The van der Waals surface area contributed by atoms with Gasteiger partial charge in [0.2, 0.25) is 0 Å². The van der Waals surface area contributed by atoms with Crippen LogP contribution in [0.15, 0.2) is 22.9 Å². The predicted molar refractivity (Wildman–Crippen MR) is 50.1 cm³/mol. The first-order valence-electron chi connectivity index (χ1n) is 4.03. The Balaban J connectivity index is 2.41. The van der Waals surface area contributed by atoms with E-state index in [1.165, 1.54) is 0 Å². The van der Waals surface area contributed by atoms with E-state index in [1.54, 1.807) is 25.3 Å². The number of aryl methyl sites for hydroxylation is 1. The molecule has 0 atom stereocenters. The molecule has 0 aliphatic rings. The van der Waals surface area contributed by atoms with Gasteiger partial charge in [-0.3, -0.25) is 0 Å². The number of anilines is 1. The van der Waals surface area contributed by atoms with Crippen molar-refractivity contribution in [1.82, 2.24) is 15.1 Å². The molecule has 2 aromatic rings. The van der Waals surface area contributed by atoms with Crippen LogP contribution >= 0.6 is 0 Å². The third kappa shape index (κ3) is 1.55. The summed E-state index contributed by atoms with van der Waals surface area (Å²) in [6.07, 6.45) is 1.62. The van der Waals surface area contributed by atoms with Crippen molar-refractivity contribution in [2.75, 3.05) is 5.43 Å². The number of hydrazine groups is 1. The Hall–Kier alpha value is -1.95. The zero-order valence-electron chi connectivity index (χ0n) is 7.56. The molecule has 0 aliphatic carbocycles. The minimum atomic E-state index is 0.460. The van der Waals surface area contributed by atoms with Gasteiger partial charge in [-0.25, -0.2) is 10.8 Å². The number of nitrogens with zero attached hydrogens (tertiary/aromatic N) is 3. The van der Waals surface area contributed by atoms with Gasteiger partial charge in [0.25, 0.3) is 5.89 Å². The summed E-state index contributed by atoms with van der Waals surface area (Å²) in [6, 6.07) is 3.50. The van der Waals surface area contributed by atoms with E-state index in [0.29, 0.717) is 17.5 Å². The van der Waals surface area contributed by atoms with E-state index in [0.717, 1.165) is 5.56 Å². The van der Waals surface area contributed by atoms with Crippen LogP contribution in [0, 0.1) is 6.92 Å². The normalized spacial score (nSPS) is 10.1. The summed E-state index contributed by atoms with van der Waals surface area (Å²) in [6.45, 7) is 1.76. The van der Waals surface area contributed by atoms with Gasteiger partial charge in [0.1, 0.15) is 5.82 Å². The molecular formula is C8H9N5O. The zero-order valence-corrected chi connectivity index (χ0v) is 7.56. The van der Waals surface area contributed by atoms with Crippen molar-refractivity contribution in [3.63, 3.8) is 0 Å². The first kappa shape index (κ1) is 8.64. The quantitative estimate of drug-likeness (QED) is 0.537. The van der Waals surface area contributed by atoms with Crippen LogP contribution in [0.5, 0.6) is 0 Å². The second-order valence-electron chi connectivity index (χ2n) is 2.72. The topological polar surface area (TPSA) is 89.9 Å². The minimum absolute atomic E-state index is 0.460. The fraction of sp³-hybridized carbons (Fsp3) is 0.125. The molecule has 6 heteroatoms. The molecular weight excluding hydrogens is 182 g/mol. The summed E-state index contributed by atoms with van der Waals surface area (Å²) in [4.78, 5) is 8.05. The Bertz CT molecular complexity index is 439. The van der Waals surface area contributed by atoms with Gasteiger partial charge in [0.15, 0.2) is 5.82 Å². The number of hydrogen-bond acceptors (Lipinski definition) is 6. The van der Waals surface area contributed by atoms with Gasteiger partial charge in [-0.1, -0.05) is 5.16 Å². The van der Waals surface area contributed by atoms with E-state index in [9.17, 15) is 0 Å². The summed E-state index contributed by atoms with van der Waals surface area (Å²) >= 11 is 0. The van der Waals surface area contributed by atoms with Gasteiger partial charge in [-0.05, 0) is 19.1 Å². The lowest BCUT2D eigenvalue weighted by molar-refractivity contribution is 0.425. The molecule has 0 bridgehead atoms. The summed E-state index contributed by atoms with van der Waals surface area (Å²) in [5, 5.41) is 3.69. The first-order valence-corrected chi connectivity index (χ1v) is 4.03. The van der Waals surface area contributed by atoms with Crippen LogP contribution < -0.4 is 11.3 Å². The smallest absolute Gasteiger partial charge is 0.258 e. The average Bonchev–Trinajstić information content (AvgIpc) is 2.65. The van der Waals surface area contributed by atoms with E-state index in [1.807, 2.05) is 0 Å². The molecule has 0 aliphatic heterocycles. The van der Waals surface area contributed by atoms with Gasteiger partial charge in [-0.2, -0.15) is 4.98 Å². The number of aromatic nitrogens is 3. The van der Waals surface area contributed by atoms with Crippen LogP contribution in [0.2, 0.25) is 0 Å². The molecule has 3 N–H and O–H groups in total. The Kier molecular flexibility index (Phi) is 2.11. The molecule has 2 rings (SSSR count). The molecule has 0 aromatic carbocycles. The number of nitrogens with one attached hydrogen (secondary N) is 1. The van der Waals surface area contributed by atoms with E-state index in [2.05, 4.69) is 20.6 Å². The lowest BCUT2D eigenvalue weighted by Crippen LogP contribution is -2.08. The maximum absolute atomic E-state index is 5.22. The maximum Gasteiger partial charge on any atom is 0.258 e. The fourth-order valence-corrected chi connectivity index (χ4v) is 1.06. The fourth-order valence-electron chi connectivity index (χ4n) is 1.06. The van der Waals surface area contributed by atoms with E-state index >= 15 is 0 Å². The molecule has 6 nitrogen and oxygen atoms in total. The van der Waals surface area contributed by atoms with Crippen molar-refractivity contribution in [3.05, 3.63) is 24.2 Å². The third-order valence-electron chi connectivity index (χ3n) is 1.68. The molecule has 0 saturated carbocycles. The van der Waals surface area contributed by atoms with E-state index in [-0.39, 0.29) is 0 Å². The van der Waals surface area contributed by atoms with Gasteiger partial charge in [-0.15, -0.1) is 0 Å². The summed E-state index contributed by atoms with van der Waals surface area (Å²) in [7, 11) is 0. The van der Waals surface area contributed by atoms with E-state index < -0.39 is 0 Å². The highest BCUT2D eigenvalue weighted by Gasteiger charge is 2.06. The van der Waals surface area contributed by atoms with Crippen molar-refractivity contribution in [3.8, 4) is 11.5 Å². The largest absolute Gasteiger partial charge is 0.334 e. The summed E-state index contributed by atoms with van der Waals surface area (Å²) in [5.74, 6) is 6.83. The van der Waals surface area contributed by atoms with Crippen molar-refractivity contribution >= 4 is 5.82 Å². The third-order valence-corrected chi connectivity index (χ3v) is 1.68. The number of nitrogen functional groups attached to an aromatic ring is 1. The summed E-state index contributed by atoms with van der Waals surface area (Å²) < 4.78 is 4.99. The number of pyridine rings is 1. The van der Waals surface area contributed by atoms with Crippen LogP contribution in [-0.4, -0.2) is 15.1 Å². The SMILES string of the molecule is Cc1noc(-c2ccnc(NN)c2)n1. The number of nitrogens with two attached hydrogens (primary N) is 1. The monoisotopic (exact) mass is 191 g/mol. The molecule has 0 unspecified atom stereocenters. The Morgan fingerprint density at radius 3 is 3.00 bits per heavy atom. The van der Waals surface area contributed by atoms with Crippen LogP contribution in [-0.2, 0) is 0 Å².